The lowest BCUT2D eigenvalue weighted by Gasteiger charge is -2.27. The summed E-state index contributed by atoms with van der Waals surface area (Å²) in [6, 6.07) is 5.71. The number of anilines is 2. The summed E-state index contributed by atoms with van der Waals surface area (Å²) in [6.07, 6.45) is 1.55. The Kier molecular flexibility index (Phi) is 4.58. The summed E-state index contributed by atoms with van der Waals surface area (Å²) in [7, 11) is 0. The first-order valence-electron chi connectivity index (χ1n) is 8.13. The smallest absolute Gasteiger partial charge is 0.416 e. The fraction of sp³-hybridized carbons (Fsp3) is 0.333. The number of carbonyl (C=O) groups excluding carboxylic acids is 2. The number of aromatic nitrogens is 2. The van der Waals surface area contributed by atoms with Crippen LogP contribution >= 0.6 is 0 Å². The third-order valence-electron chi connectivity index (χ3n) is 4.20. The molecule has 3 rings (SSSR count). The van der Waals surface area contributed by atoms with Gasteiger partial charge in [0.05, 0.1) is 17.1 Å². The van der Waals surface area contributed by atoms with Crippen LogP contribution in [-0.2, 0) is 4.74 Å². The topological polar surface area (TPSA) is 84.4 Å². The molecular formula is C18H19FN4O3. The Morgan fingerprint density at radius 2 is 2.15 bits per heavy atom. The van der Waals surface area contributed by atoms with Crippen molar-refractivity contribution in [1.82, 2.24) is 9.97 Å². The minimum Gasteiger partial charge on any atom is -0.447 e. The molecule has 26 heavy (non-hydrogen) atoms. The lowest BCUT2D eigenvalue weighted by molar-refractivity contribution is 0.111. The minimum absolute atomic E-state index is 0.00831. The monoisotopic (exact) mass is 358 g/mol. The van der Waals surface area contributed by atoms with Crippen molar-refractivity contribution in [3.8, 4) is 0 Å². The van der Waals surface area contributed by atoms with Gasteiger partial charge in [-0.3, -0.25) is 9.69 Å². The highest BCUT2D eigenvalue weighted by Crippen LogP contribution is 2.29. The highest BCUT2D eigenvalue weighted by atomic mass is 19.1. The summed E-state index contributed by atoms with van der Waals surface area (Å²) in [5.41, 5.74) is 0.138. The zero-order valence-electron chi connectivity index (χ0n) is 14.7. The van der Waals surface area contributed by atoms with Crippen molar-refractivity contribution in [1.29, 1.82) is 0 Å². The third-order valence-corrected chi connectivity index (χ3v) is 4.20. The Bertz CT molecular complexity index is 856. The number of nitrogens with one attached hydrogen (secondary N) is 1. The van der Waals surface area contributed by atoms with Crippen LogP contribution in [-0.4, -0.2) is 34.5 Å². The zero-order chi connectivity index (χ0) is 18.9. The lowest BCUT2D eigenvalue weighted by Crippen LogP contribution is -2.42. The Labute approximate surface area is 150 Å². The maximum atomic E-state index is 13.8. The van der Waals surface area contributed by atoms with Crippen molar-refractivity contribution in [2.45, 2.75) is 32.4 Å². The van der Waals surface area contributed by atoms with E-state index in [0.717, 1.165) is 0 Å². The number of aldehydes is 1. The Morgan fingerprint density at radius 3 is 2.77 bits per heavy atom. The second-order valence-corrected chi connectivity index (χ2v) is 6.71. The van der Waals surface area contributed by atoms with E-state index in [2.05, 4.69) is 15.3 Å². The fourth-order valence-corrected chi connectivity index (χ4v) is 2.75. The van der Waals surface area contributed by atoms with Crippen molar-refractivity contribution in [3.05, 3.63) is 47.4 Å². The van der Waals surface area contributed by atoms with E-state index in [9.17, 15) is 14.0 Å². The summed E-state index contributed by atoms with van der Waals surface area (Å²) in [5.74, 6) is 0.137. The molecule has 1 aromatic carbocycles. The average molecular weight is 358 g/mol. The van der Waals surface area contributed by atoms with E-state index < -0.39 is 17.4 Å². The van der Waals surface area contributed by atoms with E-state index in [1.165, 1.54) is 23.2 Å². The Hall–Kier alpha value is -3.03. The van der Waals surface area contributed by atoms with E-state index in [-0.39, 0.29) is 18.2 Å². The number of ether oxygens (including phenoxy) is 1. The molecular weight excluding hydrogens is 339 g/mol. The normalized spacial score (nSPS) is 16.9. The number of cyclic esters (lactones) is 1. The van der Waals surface area contributed by atoms with Crippen LogP contribution < -0.4 is 10.2 Å². The first-order valence-corrected chi connectivity index (χ1v) is 8.13. The number of benzene rings is 1. The van der Waals surface area contributed by atoms with E-state index in [4.69, 9.17) is 4.74 Å². The van der Waals surface area contributed by atoms with Gasteiger partial charge < -0.3 is 10.1 Å². The second-order valence-electron chi connectivity index (χ2n) is 6.71. The Morgan fingerprint density at radius 1 is 1.38 bits per heavy atom. The number of rotatable bonds is 5. The molecule has 8 heteroatoms. The predicted octanol–water partition coefficient (Wildman–Crippen LogP) is 3.34. The molecule has 1 amide bonds. The first kappa shape index (κ1) is 17.8. The molecule has 1 aliphatic heterocycles. The minimum atomic E-state index is -0.581. The zero-order valence-corrected chi connectivity index (χ0v) is 14.7. The summed E-state index contributed by atoms with van der Waals surface area (Å²) in [6.45, 7) is 5.86. The van der Waals surface area contributed by atoms with Crippen LogP contribution in [0.4, 0.5) is 21.0 Å². The highest BCUT2D eigenvalue weighted by molar-refractivity contribution is 5.90. The molecule has 1 saturated heterocycles. The van der Waals surface area contributed by atoms with Gasteiger partial charge in [-0.05, 0) is 44.5 Å². The molecule has 0 saturated carbocycles. The van der Waals surface area contributed by atoms with Crippen LogP contribution in [0.1, 0.15) is 42.7 Å². The van der Waals surface area contributed by atoms with Crippen LogP contribution in [0.15, 0.2) is 30.5 Å². The molecule has 0 bridgehead atoms. The molecule has 2 aromatic rings. The number of halogens is 1. The molecule has 0 radical (unpaired) electrons. The van der Waals surface area contributed by atoms with Gasteiger partial charge in [0.1, 0.15) is 18.2 Å². The molecule has 1 aromatic heterocycles. The maximum Gasteiger partial charge on any atom is 0.416 e. The molecule has 0 aliphatic carbocycles. The standard InChI is InChI=1S/C18H19FN4O3/c1-11(12-4-5-13(9-24)14(19)8-12)21-16-20-7-6-15(22-16)23-17(25)26-10-18(23,2)3/h4-9,11H,10H2,1-3H3,(H,20,21,22)/t11-/m0/s1. The second kappa shape index (κ2) is 6.70. The SMILES string of the molecule is C[C@H](Nc1nccc(N2C(=O)OCC2(C)C)n1)c1ccc(C=O)c(F)c1. The number of hydrogen-bond acceptors (Lipinski definition) is 6. The van der Waals surface area contributed by atoms with E-state index >= 15 is 0 Å². The molecule has 0 spiro atoms. The quantitative estimate of drug-likeness (QED) is 0.825. The van der Waals surface area contributed by atoms with Crippen LogP contribution in [0.5, 0.6) is 0 Å². The van der Waals surface area contributed by atoms with Gasteiger partial charge in [-0.1, -0.05) is 6.07 Å². The van der Waals surface area contributed by atoms with Crippen molar-refractivity contribution in [2.75, 3.05) is 16.8 Å². The van der Waals surface area contributed by atoms with Gasteiger partial charge in [0.2, 0.25) is 5.95 Å². The Balaban J connectivity index is 1.81. The molecule has 0 unspecified atom stereocenters. The average Bonchev–Trinajstić information content (AvgIpc) is 2.87. The molecule has 2 heterocycles. The van der Waals surface area contributed by atoms with Crippen LogP contribution in [0, 0.1) is 5.82 Å². The summed E-state index contributed by atoms with van der Waals surface area (Å²) in [5, 5.41) is 3.07. The fourth-order valence-electron chi connectivity index (χ4n) is 2.75. The van der Waals surface area contributed by atoms with Gasteiger partial charge in [-0.2, -0.15) is 4.98 Å². The van der Waals surface area contributed by atoms with Gasteiger partial charge in [0, 0.05) is 6.20 Å². The summed E-state index contributed by atoms with van der Waals surface area (Å²) < 4.78 is 18.9. The maximum absolute atomic E-state index is 13.8. The van der Waals surface area contributed by atoms with Crippen molar-refractivity contribution in [3.63, 3.8) is 0 Å². The van der Waals surface area contributed by atoms with Gasteiger partial charge >= 0.3 is 6.09 Å². The van der Waals surface area contributed by atoms with Crippen molar-refractivity contribution < 1.29 is 18.7 Å². The molecule has 136 valence electrons. The lowest BCUT2D eigenvalue weighted by atomic mass is 10.1. The van der Waals surface area contributed by atoms with E-state index in [1.54, 1.807) is 12.1 Å². The highest BCUT2D eigenvalue weighted by Gasteiger charge is 2.41. The molecule has 1 aliphatic rings. The number of hydrogen-bond donors (Lipinski definition) is 1. The molecule has 1 fully saturated rings. The summed E-state index contributed by atoms with van der Waals surface area (Å²) in [4.78, 5) is 32.7. The van der Waals surface area contributed by atoms with Crippen LogP contribution in [0.25, 0.3) is 0 Å². The van der Waals surface area contributed by atoms with Crippen LogP contribution in [0.2, 0.25) is 0 Å². The van der Waals surface area contributed by atoms with Gasteiger partial charge in [0.15, 0.2) is 6.29 Å². The number of amides is 1. The largest absolute Gasteiger partial charge is 0.447 e. The van der Waals surface area contributed by atoms with Gasteiger partial charge in [-0.25, -0.2) is 14.2 Å². The molecule has 1 atom stereocenters. The molecule has 7 nitrogen and oxygen atoms in total. The van der Waals surface area contributed by atoms with Crippen LogP contribution in [0.3, 0.4) is 0 Å². The van der Waals surface area contributed by atoms with E-state index in [0.29, 0.717) is 23.6 Å². The van der Waals surface area contributed by atoms with Gasteiger partial charge in [0.25, 0.3) is 0 Å². The van der Waals surface area contributed by atoms with Crippen molar-refractivity contribution in [2.24, 2.45) is 0 Å². The number of nitrogens with zero attached hydrogens (tertiary/aromatic N) is 3. The predicted molar refractivity (Wildman–Crippen MR) is 93.8 cm³/mol. The first-order chi connectivity index (χ1) is 12.3. The van der Waals surface area contributed by atoms with Crippen molar-refractivity contribution >= 4 is 24.1 Å². The van der Waals surface area contributed by atoms with Gasteiger partial charge in [-0.15, -0.1) is 0 Å². The third kappa shape index (κ3) is 3.35. The summed E-state index contributed by atoms with van der Waals surface area (Å²) >= 11 is 0. The van der Waals surface area contributed by atoms with E-state index in [1.807, 2.05) is 20.8 Å². The molecule has 1 N–H and O–H groups in total. The number of carbonyl (C=O) groups is 2.